The summed E-state index contributed by atoms with van der Waals surface area (Å²) >= 11 is 8.69. The molecule has 156 valence electrons. The van der Waals surface area contributed by atoms with Gasteiger partial charge in [0, 0.05) is 11.6 Å². The lowest BCUT2D eigenvalue weighted by molar-refractivity contribution is -0.113. The fourth-order valence-electron chi connectivity index (χ4n) is 2.74. The predicted octanol–water partition coefficient (Wildman–Crippen LogP) is 5.06. The Morgan fingerprint density at radius 2 is 2.23 bits per heavy atom. The highest BCUT2D eigenvalue weighted by molar-refractivity contribution is 7.99. The van der Waals surface area contributed by atoms with Gasteiger partial charge in [0.25, 0.3) is 0 Å². The normalized spacial score (nSPS) is 11.7. The smallest absolute Gasteiger partial charge is 0.235 e. The minimum absolute atomic E-state index is 0.159. The number of nitrogens with zero attached hydrogens (tertiary/aromatic N) is 4. The summed E-state index contributed by atoms with van der Waals surface area (Å²) in [5, 5.41) is 24.0. The van der Waals surface area contributed by atoms with Crippen LogP contribution in [0.25, 0.3) is 0 Å². The number of anilines is 1. The highest BCUT2D eigenvalue weighted by Gasteiger charge is 2.20. The Hall–Kier alpha value is -2.54. The molecule has 0 bridgehead atoms. The van der Waals surface area contributed by atoms with E-state index in [0.29, 0.717) is 38.9 Å². The largest absolute Gasteiger partial charge is 0.483 e. The van der Waals surface area contributed by atoms with Crippen molar-refractivity contribution < 1.29 is 9.53 Å². The maximum atomic E-state index is 12.3. The number of carbonyl (C=O) groups is 1. The van der Waals surface area contributed by atoms with E-state index < -0.39 is 0 Å². The molecule has 1 N–H and O–H groups in total. The van der Waals surface area contributed by atoms with Crippen molar-refractivity contribution in [3.05, 3.63) is 51.6 Å². The molecule has 1 aromatic carbocycles. The molecule has 3 rings (SSSR count). The van der Waals surface area contributed by atoms with Crippen molar-refractivity contribution in [1.29, 1.82) is 5.26 Å². The standard InChI is InChI=1S/C20H20ClN5O2S2/c1-4-26-18(13(3)28-15-5-6-16(21)12(2)9-15)24-25-20(26)30-11-17(27)23-19-14(10-22)7-8-29-19/h5-9,13H,4,11H2,1-3H3,(H,23,27). The second-order valence-corrected chi connectivity index (χ2v) is 8.63. The van der Waals surface area contributed by atoms with Crippen LogP contribution in [-0.2, 0) is 11.3 Å². The third kappa shape index (κ3) is 5.14. The summed E-state index contributed by atoms with van der Waals surface area (Å²) in [6.07, 6.45) is -0.328. The van der Waals surface area contributed by atoms with Crippen LogP contribution in [0.4, 0.5) is 5.00 Å². The highest BCUT2D eigenvalue weighted by atomic mass is 35.5. The number of nitriles is 1. The van der Waals surface area contributed by atoms with Crippen LogP contribution in [-0.4, -0.2) is 26.4 Å². The summed E-state index contributed by atoms with van der Waals surface area (Å²) in [5.41, 5.74) is 1.40. The van der Waals surface area contributed by atoms with Crippen molar-refractivity contribution >= 4 is 45.6 Å². The first-order chi connectivity index (χ1) is 14.4. The molecule has 0 aliphatic heterocycles. The monoisotopic (exact) mass is 461 g/mol. The number of halogens is 1. The van der Waals surface area contributed by atoms with Crippen molar-refractivity contribution in [2.24, 2.45) is 0 Å². The molecular formula is C20H20ClN5O2S2. The minimum Gasteiger partial charge on any atom is -0.483 e. The highest BCUT2D eigenvalue weighted by Crippen LogP contribution is 2.28. The van der Waals surface area contributed by atoms with Gasteiger partial charge in [0.2, 0.25) is 5.91 Å². The Morgan fingerprint density at radius 3 is 2.93 bits per heavy atom. The molecule has 2 heterocycles. The Kier molecular flexibility index (Phi) is 7.37. The summed E-state index contributed by atoms with van der Waals surface area (Å²) in [6, 6.07) is 9.23. The fourth-order valence-corrected chi connectivity index (χ4v) is 4.42. The molecule has 0 saturated heterocycles. The summed E-state index contributed by atoms with van der Waals surface area (Å²) < 4.78 is 7.94. The van der Waals surface area contributed by atoms with Gasteiger partial charge in [-0.15, -0.1) is 21.5 Å². The number of hydrogen-bond donors (Lipinski definition) is 1. The van der Waals surface area contributed by atoms with E-state index in [1.165, 1.54) is 23.1 Å². The van der Waals surface area contributed by atoms with E-state index in [1.54, 1.807) is 17.5 Å². The average Bonchev–Trinajstić information content (AvgIpc) is 3.35. The molecule has 2 aromatic heterocycles. The molecule has 1 atom stereocenters. The van der Waals surface area contributed by atoms with Gasteiger partial charge in [-0.3, -0.25) is 4.79 Å². The Morgan fingerprint density at radius 1 is 1.43 bits per heavy atom. The minimum atomic E-state index is -0.328. The van der Waals surface area contributed by atoms with E-state index in [9.17, 15) is 4.79 Å². The lowest BCUT2D eigenvalue weighted by atomic mass is 10.2. The van der Waals surface area contributed by atoms with E-state index in [1.807, 2.05) is 37.5 Å². The molecule has 10 heteroatoms. The SMILES string of the molecule is CCn1c(SCC(=O)Nc2sccc2C#N)nnc1C(C)Oc1ccc(Cl)c(C)c1. The maximum Gasteiger partial charge on any atom is 0.235 e. The maximum absolute atomic E-state index is 12.3. The van der Waals surface area contributed by atoms with Gasteiger partial charge in [0.05, 0.1) is 11.3 Å². The van der Waals surface area contributed by atoms with Gasteiger partial charge in [0.1, 0.15) is 16.8 Å². The van der Waals surface area contributed by atoms with Crippen molar-refractivity contribution in [3.8, 4) is 11.8 Å². The summed E-state index contributed by atoms with van der Waals surface area (Å²) in [7, 11) is 0. The number of carbonyl (C=O) groups excluding carboxylic acids is 1. The molecular weight excluding hydrogens is 442 g/mol. The zero-order valence-corrected chi connectivity index (χ0v) is 19.1. The second-order valence-electron chi connectivity index (χ2n) is 6.37. The van der Waals surface area contributed by atoms with Gasteiger partial charge in [-0.2, -0.15) is 5.26 Å². The summed E-state index contributed by atoms with van der Waals surface area (Å²) in [6.45, 7) is 6.45. The van der Waals surface area contributed by atoms with Crippen LogP contribution in [0, 0.1) is 18.3 Å². The quantitative estimate of drug-likeness (QED) is 0.471. The molecule has 0 aliphatic rings. The fraction of sp³-hybridized carbons (Fsp3) is 0.300. The first-order valence-electron chi connectivity index (χ1n) is 9.19. The van der Waals surface area contributed by atoms with E-state index in [-0.39, 0.29) is 17.8 Å². The molecule has 0 radical (unpaired) electrons. The van der Waals surface area contributed by atoms with E-state index in [0.717, 1.165) is 5.56 Å². The van der Waals surface area contributed by atoms with Crippen molar-refractivity contribution in [2.45, 2.75) is 38.6 Å². The first-order valence-corrected chi connectivity index (χ1v) is 11.4. The average molecular weight is 462 g/mol. The van der Waals surface area contributed by atoms with Crippen LogP contribution in [0.3, 0.4) is 0 Å². The van der Waals surface area contributed by atoms with Gasteiger partial charge in [0.15, 0.2) is 17.1 Å². The van der Waals surface area contributed by atoms with Crippen molar-refractivity contribution in [1.82, 2.24) is 14.8 Å². The molecule has 7 nitrogen and oxygen atoms in total. The zero-order chi connectivity index (χ0) is 21.7. The van der Waals surface area contributed by atoms with E-state index >= 15 is 0 Å². The zero-order valence-electron chi connectivity index (χ0n) is 16.7. The number of benzene rings is 1. The Balaban J connectivity index is 1.65. The van der Waals surface area contributed by atoms with Crippen LogP contribution in [0.15, 0.2) is 34.8 Å². The van der Waals surface area contributed by atoms with Gasteiger partial charge in [-0.05, 0) is 56.0 Å². The Bertz CT molecular complexity index is 1090. The lowest BCUT2D eigenvalue weighted by Crippen LogP contribution is -2.15. The number of hydrogen-bond acceptors (Lipinski definition) is 7. The molecule has 30 heavy (non-hydrogen) atoms. The van der Waals surface area contributed by atoms with Gasteiger partial charge in [-0.25, -0.2) is 0 Å². The number of aromatic nitrogens is 3. The molecule has 0 aliphatic carbocycles. The number of aryl methyl sites for hydroxylation is 1. The molecule has 0 fully saturated rings. The number of nitrogens with one attached hydrogen (secondary N) is 1. The molecule has 1 unspecified atom stereocenters. The number of thiophene rings is 1. The second kappa shape index (κ2) is 9.98. The van der Waals surface area contributed by atoms with Gasteiger partial charge < -0.3 is 14.6 Å². The van der Waals surface area contributed by atoms with Crippen molar-refractivity contribution in [3.63, 3.8) is 0 Å². The van der Waals surface area contributed by atoms with Crippen LogP contribution in [0.1, 0.15) is 36.9 Å². The van der Waals surface area contributed by atoms with Crippen LogP contribution >= 0.6 is 34.7 Å². The van der Waals surface area contributed by atoms with Gasteiger partial charge >= 0.3 is 0 Å². The molecule has 0 spiro atoms. The topological polar surface area (TPSA) is 92.8 Å². The number of thioether (sulfide) groups is 1. The van der Waals surface area contributed by atoms with E-state index in [2.05, 4.69) is 21.6 Å². The third-order valence-electron chi connectivity index (χ3n) is 4.24. The number of rotatable bonds is 8. The molecule has 3 aromatic rings. The molecule has 1 amide bonds. The first kappa shape index (κ1) is 22.2. The third-order valence-corrected chi connectivity index (χ3v) is 6.46. The molecule has 0 saturated carbocycles. The summed E-state index contributed by atoms with van der Waals surface area (Å²) in [4.78, 5) is 12.3. The Labute approximate surface area is 188 Å². The van der Waals surface area contributed by atoms with E-state index in [4.69, 9.17) is 21.6 Å². The van der Waals surface area contributed by atoms with Crippen LogP contribution < -0.4 is 10.1 Å². The predicted molar refractivity (Wildman–Crippen MR) is 119 cm³/mol. The van der Waals surface area contributed by atoms with Crippen molar-refractivity contribution in [2.75, 3.05) is 11.1 Å². The van der Waals surface area contributed by atoms with Gasteiger partial charge in [-0.1, -0.05) is 23.4 Å². The number of amides is 1. The van der Waals surface area contributed by atoms with Crippen LogP contribution in [0.2, 0.25) is 5.02 Å². The number of ether oxygens (including phenoxy) is 1. The van der Waals surface area contributed by atoms with Crippen LogP contribution in [0.5, 0.6) is 5.75 Å². The summed E-state index contributed by atoms with van der Waals surface area (Å²) in [5.74, 6) is 1.34. The lowest BCUT2D eigenvalue weighted by Gasteiger charge is -2.16.